The first-order valence-corrected chi connectivity index (χ1v) is 4.26. The molecule has 0 spiro atoms. The average Bonchev–Trinajstić information content (AvgIpc) is 2.04. The standard InChI is InChI=1S/C9H12OS/c1-8-2-4-9(5-3-8)10-6-7-11/h2-5,11H,6-7H2,1H3. The molecule has 1 rings (SSSR count). The van der Waals surface area contributed by atoms with Crippen LogP contribution in [0.4, 0.5) is 0 Å². The van der Waals surface area contributed by atoms with E-state index in [9.17, 15) is 0 Å². The number of ether oxygens (including phenoxy) is 1. The number of thiol groups is 1. The fourth-order valence-corrected chi connectivity index (χ4v) is 0.889. The second-order valence-electron chi connectivity index (χ2n) is 2.39. The Labute approximate surface area is 72.8 Å². The van der Waals surface area contributed by atoms with Crippen molar-refractivity contribution in [3.63, 3.8) is 0 Å². The summed E-state index contributed by atoms with van der Waals surface area (Å²) in [5.74, 6) is 1.68. The predicted octanol–water partition coefficient (Wildman–Crippen LogP) is 2.30. The topological polar surface area (TPSA) is 9.23 Å². The van der Waals surface area contributed by atoms with Gasteiger partial charge in [-0.05, 0) is 19.1 Å². The molecule has 0 aromatic heterocycles. The minimum atomic E-state index is 0.673. The molecule has 2 heteroatoms. The van der Waals surface area contributed by atoms with Gasteiger partial charge in [-0.2, -0.15) is 12.6 Å². The third-order valence-corrected chi connectivity index (χ3v) is 1.56. The quantitative estimate of drug-likeness (QED) is 0.681. The van der Waals surface area contributed by atoms with E-state index < -0.39 is 0 Å². The smallest absolute Gasteiger partial charge is 0.119 e. The van der Waals surface area contributed by atoms with E-state index in [1.54, 1.807) is 0 Å². The third kappa shape index (κ3) is 2.85. The number of benzene rings is 1. The lowest BCUT2D eigenvalue weighted by Crippen LogP contribution is -1.97. The summed E-state index contributed by atoms with van der Waals surface area (Å²) >= 11 is 4.05. The van der Waals surface area contributed by atoms with Crippen LogP contribution >= 0.6 is 12.6 Å². The first kappa shape index (κ1) is 8.47. The Bertz CT molecular complexity index is 205. The number of rotatable bonds is 3. The molecule has 0 saturated heterocycles. The van der Waals surface area contributed by atoms with Gasteiger partial charge in [0.15, 0.2) is 0 Å². The Morgan fingerprint density at radius 3 is 2.45 bits per heavy atom. The zero-order chi connectivity index (χ0) is 8.10. The second-order valence-corrected chi connectivity index (χ2v) is 2.83. The van der Waals surface area contributed by atoms with Crippen LogP contribution in [0.5, 0.6) is 5.75 Å². The fourth-order valence-electron chi connectivity index (χ4n) is 0.798. The molecule has 0 aliphatic carbocycles. The van der Waals surface area contributed by atoms with Gasteiger partial charge in [-0.15, -0.1) is 0 Å². The zero-order valence-electron chi connectivity index (χ0n) is 6.58. The Balaban J connectivity index is 2.52. The highest BCUT2D eigenvalue weighted by molar-refractivity contribution is 7.80. The maximum atomic E-state index is 5.33. The lowest BCUT2D eigenvalue weighted by atomic mass is 10.2. The van der Waals surface area contributed by atoms with Gasteiger partial charge in [-0.25, -0.2) is 0 Å². The van der Waals surface area contributed by atoms with E-state index >= 15 is 0 Å². The van der Waals surface area contributed by atoms with Gasteiger partial charge < -0.3 is 4.74 Å². The molecule has 11 heavy (non-hydrogen) atoms. The molecule has 0 N–H and O–H groups in total. The normalized spacial score (nSPS) is 9.64. The Kier molecular flexibility index (Phi) is 3.30. The molecule has 60 valence electrons. The third-order valence-electron chi connectivity index (χ3n) is 1.38. The largest absolute Gasteiger partial charge is 0.493 e. The molecule has 1 nitrogen and oxygen atoms in total. The van der Waals surface area contributed by atoms with Crippen molar-refractivity contribution in [2.24, 2.45) is 0 Å². The Morgan fingerprint density at radius 1 is 1.27 bits per heavy atom. The van der Waals surface area contributed by atoms with E-state index in [2.05, 4.69) is 19.6 Å². The number of hydrogen-bond donors (Lipinski definition) is 1. The van der Waals surface area contributed by atoms with Gasteiger partial charge in [-0.3, -0.25) is 0 Å². The van der Waals surface area contributed by atoms with Crippen LogP contribution in [0, 0.1) is 6.92 Å². The average molecular weight is 168 g/mol. The van der Waals surface area contributed by atoms with Crippen LogP contribution in [-0.2, 0) is 0 Å². The van der Waals surface area contributed by atoms with Crippen molar-refractivity contribution in [3.05, 3.63) is 29.8 Å². The summed E-state index contributed by atoms with van der Waals surface area (Å²) in [6.07, 6.45) is 0. The second kappa shape index (κ2) is 4.29. The van der Waals surface area contributed by atoms with Crippen LogP contribution in [0.2, 0.25) is 0 Å². The first-order chi connectivity index (χ1) is 5.33. The first-order valence-electron chi connectivity index (χ1n) is 3.63. The minimum Gasteiger partial charge on any atom is -0.493 e. The molecule has 0 fully saturated rings. The maximum absolute atomic E-state index is 5.33. The monoisotopic (exact) mass is 168 g/mol. The van der Waals surface area contributed by atoms with Crippen molar-refractivity contribution < 1.29 is 4.74 Å². The van der Waals surface area contributed by atoms with Crippen molar-refractivity contribution in [3.8, 4) is 5.75 Å². The van der Waals surface area contributed by atoms with Crippen LogP contribution in [0.15, 0.2) is 24.3 Å². The fraction of sp³-hybridized carbons (Fsp3) is 0.333. The van der Waals surface area contributed by atoms with E-state index in [0.717, 1.165) is 11.5 Å². The van der Waals surface area contributed by atoms with Crippen LogP contribution in [0.3, 0.4) is 0 Å². The molecule has 0 unspecified atom stereocenters. The van der Waals surface area contributed by atoms with Gasteiger partial charge in [0.25, 0.3) is 0 Å². The molecule has 1 aromatic carbocycles. The molecule has 0 atom stereocenters. The summed E-state index contributed by atoms with van der Waals surface area (Å²) < 4.78 is 5.33. The van der Waals surface area contributed by atoms with E-state index in [0.29, 0.717) is 6.61 Å². The molecule has 0 aliphatic rings. The van der Waals surface area contributed by atoms with Crippen LogP contribution < -0.4 is 4.74 Å². The molecule has 0 saturated carbocycles. The highest BCUT2D eigenvalue weighted by atomic mass is 32.1. The van der Waals surface area contributed by atoms with E-state index in [-0.39, 0.29) is 0 Å². The van der Waals surface area contributed by atoms with Gasteiger partial charge in [0, 0.05) is 5.75 Å². The highest BCUT2D eigenvalue weighted by Gasteiger charge is 1.89. The van der Waals surface area contributed by atoms with E-state index in [1.807, 2.05) is 24.3 Å². The number of aryl methyl sites for hydroxylation is 1. The van der Waals surface area contributed by atoms with Crippen molar-refractivity contribution in [1.82, 2.24) is 0 Å². The summed E-state index contributed by atoms with van der Waals surface area (Å²) in [7, 11) is 0. The van der Waals surface area contributed by atoms with E-state index in [1.165, 1.54) is 5.56 Å². The van der Waals surface area contributed by atoms with Crippen molar-refractivity contribution in [1.29, 1.82) is 0 Å². The van der Waals surface area contributed by atoms with Gasteiger partial charge in [0.1, 0.15) is 5.75 Å². The Morgan fingerprint density at radius 2 is 1.91 bits per heavy atom. The van der Waals surface area contributed by atoms with Crippen LogP contribution in [0.25, 0.3) is 0 Å². The molecule has 0 amide bonds. The van der Waals surface area contributed by atoms with E-state index in [4.69, 9.17) is 4.74 Å². The zero-order valence-corrected chi connectivity index (χ0v) is 7.47. The van der Waals surface area contributed by atoms with Gasteiger partial charge in [-0.1, -0.05) is 17.7 Å². The molecular formula is C9H12OS. The van der Waals surface area contributed by atoms with Crippen molar-refractivity contribution in [2.45, 2.75) is 6.92 Å². The van der Waals surface area contributed by atoms with Crippen LogP contribution in [0.1, 0.15) is 5.56 Å². The summed E-state index contributed by atoms with van der Waals surface area (Å²) in [5.41, 5.74) is 1.25. The number of hydrogen-bond acceptors (Lipinski definition) is 2. The van der Waals surface area contributed by atoms with Gasteiger partial charge in [0.05, 0.1) is 6.61 Å². The minimum absolute atomic E-state index is 0.673. The maximum Gasteiger partial charge on any atom is 0.119 e. The Hall–Kier alpha value is -0.630. The van der Waals surface area contributed by atoms with Gasteiger partial charge >= 0.3 is 0 Å². The molecule has 0 aliphatic heterocycles. The summed E-state index contributed by atoms with van der Waals surface area (Å²) in [5, 5.41) is 0. The lowest BCUT2D eigenvalue weighted by Gasteiger charge is -2.02. The molecule has 0 radical (unpaired) electrons. The summed E-state index contributed by atoms with van der Waals surface area (Å²) in [6, 6.07) is 8.01. The molecular weight excluding hydrogens is 156 g/mol. The SMILES string of the molecule is Cc1ccc(OCCS)cc1. The van der Waals surface area contributed by atoms with Gasteiger partial charge in [0.2, 0.25) is 0 Å². The highest BCUT2D eigenvalue weighted by Crippen LogP contribution is 2.10. The molecule has 0 heterocycles. The predicted molar refractivity (Wildman–Crippen MR) is 50.5 cm³/mol. The summed E-state index contributed by atoms with van der Waals surface area (Å²) in [4.78, 5) is 0. The molecule has 0 bridgehead atoms. The lowest BCUT2D eigenvalue weighted by molar-refractivity contribution is 0.344. The molecule has 1 aromatic rings. The summed E-state index contributed by atoms with van der Waals surface area (Å²) in [6.45, 7) is 2.73. The van der Waals surface area contributed by atoms with Crippen molar-refractivity contribution >= 4 is 12.6 Å². The van der Waals surface area contributed by atoms with Crippen LogP contribution in [-0.4, -0.2) is 12.4 Å². The van der Waals surface area contributed by atoms with Crippen molar-refractivity contribution in [2.75, 3.05) is 12.4 Å².